The Labute approximate surface area is 112 Å². The van der Waals surface area contributed by atoms with Crippen molar-refractivity contribution < 1.29 is 0 Å². The number of hydrogen-bond acceptors (Lipinski definition) is 2. The molecule has 0 aromatic carbocycles. The third-order valence-corrected chi connectivity index (χ3v) is 3.56. The lowest BCUT2D eigenvalue weighted by molar-refractivity contribution is 0.510. The Bertz CT molecular complexity index is 355. The standard InChI is InChI=1S/C15H29N3/c1-6-9-11-18-13(5)15(12(4)17-18)14(8-3)16-10-7-2/h14,16H,6-11H2,1-5H3. The topological polar surface area (TPSA) is 29.9 Å². The second-order valence-electron chi connectivity index (χ2n) is 5.08. The minimum absolute atomic E-state index is 0.459. The Kier molecular flexibility index (Phi) is 6.41. The zero-order chi connectivity index (χ0) is 13.5. The molecule has 0 fully saturated rings. The van der Waals surface area contributed by atoms with E-state index in [0.717, 1.165) is 19.5 Å². The summed E-state index contributed by atoms with van der Waals surface area (Å²) in [6.45, 7) is 13.2. The molecule has 0 bridgehead atoms. The van der Waals surface area contributed by atoms with Gasteiger partial charge < -0.3 is 5.32 Å². The number of unbranched alkanes of at least 4 members (excludes halogenated alkanes) is 1. The SMILES string of the molecule is CCCCn1nc(C)c(C(CC)NCCC)c1C. The molecule has 1 rings (SSSR count). The predicted octanol–water partition coefficient (Wildman–Crippen LogP) is 3.75. The van der Waals surface area contributed by atoms with E-state index in [2.05, 4.69) is 44.6 Å². The fourth-order valence-electron chi connectivity index (χ4n) is 2.51. The number of aryl methyl sites for hydroxylation is 2. The molecular formula is C15H29N3. The highest BCUT2D eigenvalue weighted by Crippen LogP contribution is 2.24. The van der Waals surface area contributed by atoms with Crippen molar-refractivity contribution in [2.24, 2.45) is 0 Å². The Morgan fingerprint density at radius 2 is 1.89 bits per heavy atom. The summed E-state index contributed by atoms with van der Waals surface area (Å²) in [6, 6.07) is 0.459. The predicted molar refractivity (Wildman–Crippen MR) is 77.9 cm³/mol. The van der Waals surface area contributed by atoms with Crippen LogP contribution in [0.3, 0.4) is 0 Å². The number of nitrogens with one attached hydrogen (secondary N) is 1. The van der Waals surface area contributed by atoms with Crippen LogP contribution in [0.1, 0.15) is 69.4 Å². The van der Waals surface area contributed by atoms with Gasteiger partial charge in [-0.1, -0.05) is 27.2 Å². The van der Waals surface area contributed by atoms with Crippen LogP contribution in [0, 0.1) is 13.8 Å². The number of nitrogens with zero attached hydrogens (tertiary/aromatic N) is 2. The summed E-state index contributed by atoms with van der Waals surface area (Å²) < 4.78 is 2.18. The fraction of sp³-hybridized carbons (Fsp3) is 0.800. The van der Waals surface area contributed by atoms with Gasteiger partial charge in [0.1, 0.15) is 0 Å². The van der Waals surface area contributed by atoms with E-state index in [9.17, 15) is 0 Å². The molecule has 0 amide bonds. The molecule has 1 N–H and O–H groups in total. The number of rotatable bonds is 8. The van der Waals surface area contributed by atoms with Gasteiger partial charge in [-0.2, -0.15) is 5.10 Å². The van der Waals surface area contributed by atoms with Crippen molar-refractivity contribution >= 4 is 0 Å². The third-order valence-electron chi connectivity index (χ3n) is 3.56. The highest BCUT2D eigenvalue weighted by molar-refractivity contribution is 5.28. The molecule has 3 nitrogen and oxygen atoms in total. The number of hydrogen-bond donors (Lipinski definition) is 1. The van der Waals surface area contributed by atoms with Crippen LogP contribution < -0.4 is 5.32 Å². The van der Waals surface area contributed by atoms with Crippen LogP contribution in [0.4, 0.5) is 0 Å². The Morgan fingerprint density at radius 3 is 2.44 bits per heavy atom. The molecule has 18 heavy (non-hydrogen) atoms. The van der Waals surface area contributed by atoms with Crippen LogP contribution in [0.15, 0.2) is 0 Å². The van der Waals surface area contributed by atoms with Crippen molar-refractivity contribution in [1.82, 2.24) is 15.1 Å². The first kappa shape index (κ1) is 15.2. The molecule has 0 spiro atoms. The third kappa shape index (κ3) is 3.58. The lowest BCUT2D eigenvalue weighted by Crippen LogP contribution is -2.22. The average Bonchev–Trinajstić information content (AvgIpc) is 2.64. The van der Waals surface area contributed by atoms with Crippen LogP contribution in [-0.4, -0.2) is 16.3 Å². The summed E-state index contributed by atoms with van der Waals surface area (Å²) in [6.07, 6.45) is 4.74. The molecule has 1 aromatic rings. The Hall–Kier alpha value is -0.830. The van der Waals surface area contributed by atoms with Crippen LogP contribution >= 0.6 is 0 Å². The number of aromatic nitrogens is 2. The maximum atomic E-state index is 4.70. The molecule has 0 saturated heterocycles. The van der Waals surface area contributed by atoms with Gasteiger partial charge in [-0.3, -0.25) is 4.68 Å². The highest BCUT2D eigenvalue weighted by Gasteiger charge is 2.18. The zero-order valence-corrected chi connectivity index (χ0v) is 12.7. The molecule has 1 aromatic heterocycles. The van der Waals surface area contributed by atoms with E-state index in [1.165, 1.54) is 36.2 Å². The van der Waals surface area contributed by atoms with Crippen molar-refractivity contribution in [1.29, 1.82) is 0 Å². The zero-order valence-electron chi connectivity index (χ0n) is 12.7. The summed E-state index contributed by atoms with van der Waals surface area (Å²) >= 11 is 0. The Balaban J connectivity index is 2.88. The van der Waals surface area contributed by atoms with E-state index in [1.807, 2.05) is 0 Å². The van der Waals surface area contributed by atoms with E-state index < -0.39 is 0 Å². The molecule has 0 aliphatic heterocycles. The average molecular weight is 251 g/mol. The molecule has 1 unspecified atom stereocenters. The molecule has 1 atom stereocenters. The van der Waals surface area contributed by atoms with Crippen molar-refractivity contribution in [2.45, 2.75) is 72.9 Å². The van der Waals surface area contributed by atoms with Gasteiger partial charge in [-0.25, -0.2) is 0 Å². The van der Waals surface area contributed by atoms with Gasteiger partial charge in [-0.15, -0.1) is 0 Å². The molecule has 0 saturated carbocycles. The van der Waals surface area contributed by atoms with Crippen molar-refractivity contribution in [3.63, 3.8) is 0 Å². The van der Waals surface area contributed by atoms with Gasteiger partial charge in [0, 0.05) is 23.8 Å². The molecule has 0 aliphatic carbocycles. The first-order chi connectivity index (χ1) is 8.65. The molecule has 3 heteroatoms. The smallest absolute Gasteiger partial charge is 0.0644 e. The van der Waals surface area contributed by atoms with Gasteiger partial charge in [0.25, 0.3) is 0 Å². The molecule has 0 aliphatic rings. The minimum atomic E-state index is 0.459. The first-order valence-electron chi connectivity index (χ1n) is 7.42. The molecule has 0 radical (unpaired) electrons. The summed E-state index contributed by atoms with van der Waals surface area (Å²) in [4.78, 5) is 0. The van der Waals surface area contributed by atoms with Crippen molar-refractivity contribution in [3.8, 4) is 0 Å². The lowest BCUT2D eigenvalue weighted by Gasteiger charge is -2.17. The summed E-state index contributed by atoms with van der Waals surface area (Å²) in [5.74, 6) is 0. The second-order valence-corrected chi connectivity index (χ2v) is 5.08. The maximum Gasteiger partial charge on any atom is 0.0644 e. The van der Waals surface area contributed by atoms with E-state index in [0.29, 0.717) is 6.04 Å². The summed E-state index contributed by atoms with van der Waals surface area (Å²) in [7, 11) is 0. The van der Waals surface area contributed by atoms with E-state index >= 15 is 0 Å². The van der Waals surface area contributed by atoms with Gasteiger partial charge >= 0.3 is 0 Å². The largest absolute Gasteiger partial charge is 0.310 e. The second kappa shape index (κ2) is 7.57. The van der Waals surface area contributed by atoms with Gasteiger partial charge in [0.2, 0.25) is 0 Å². The summed E-state index contributed by atoms with van der Waals surface area (Å²) in [5, 5.41) is 8.33. The van der Waals surface area contributed by atoms with Crippen LogP contribution in [-0.2, 0) is 6.54 Å². The maximum absolute atomic E-state index is 4.70. The summed E-state index contributed by atoms with van der Waals surface area (Å²) in [5.41, 5.74) is 3.96. The minimum Gasteiger partial charge on any atom is -0.310 e. The first-order valence-corrected chi connectivity index (χ1v) is 7.42. The van der Waals surface area contributed by atoms with E-state index in [-0.39, 0.29) is 0 Å². The van der Waals surface area contributed by atoms with Crippen molar-refractivity contribution in [2.75, 3.05) is 6.54 Å². The molecule has 1 heterocycles. The van der Waals surface area contributed by atoms with Gasteiger partial charge in [0.15, 0.2) is 0 Å². The van der Waals surface area contributed by atoms with E-state index in [1.54, 1.807) is 0 Å². The van der Waals surface area contributed by atoms with Crippen molar-refractivity contribution in [3.05, 3.63) is 17.0 Å². The normalized spacial score (nSPS) is 12.9. The monoisotopic (exact) mass is 251 g/mol. The lowest BCUT2D eigenvalue weighted by atomic mass is 10.0. The highest BCUT2D eigenvalue weighted by atomic mass is 15.3. The van der Waals surface area contributed by atoms with Crippen LogP contribution in [0.2, 0.25) is 0 Å². The Morgan fingerprint density at radius 1 is 1.17 bits per heavy atom. The molecule has 104 valence electrons. The van der Waals surface area contributed by atoms with E-state index in [4.69, 9.17) is 5.10 Å². The molecular weight excluding hydrogens is 222 g/mol. The van der Waals surface area contributed by atoms with Crippen LogP contribution in [0.25, 0.3) is 0 Å². The van der Waals surface area contributed by atoms with Gasteiger partial charge in [0.05, 0.1) is 5.69 Å². The fourth-order valence-corrected chi connectivity index (χ4v) is 2.51. The van der Waals surface area contributed by atoms with Gasteiger partial charge in [-0.05, 0) is 39.7 Å². The quantitative estimate of drug-likeness (QED) is 0.762. The van der Waals surface area contributed by atoms with Crippen LogP contribution in [0.5, 0.6) is 0 Å².